The van der Waals surface area contributed by atoms with Crippen molar-refractivity contribution in [3.63, 3.8) is 0 Å². The molecule has 2 N–H and O–H groups in total. The van der Waals surface area contributed by atoms with E-state index in [0.29, 0.717) is 39.4 Å². The van der Waals surface area contributed by atoms with Crippen LogP contribution in [0, 0.1) is 12.1 Å². The summed E-state index contributed by atoms with van der Waals surface area (Å²) < 4.78 is 41.9. The van der Waals surface area contributed by atoms with Gasteiger partial charge in [-0.1, -0.05) is 6.07 Å². The number of halogens is 3. The van der Waals surface area contributed by atoms with Crippen LogP contribution in [-0.4, -0.2) is 35.2 Å². The lowest BCUT2D eigenvalue weighted by Crippen LogP contribution is -2.22. The van der Waals surface area contributed by atoms with Crippen LogP contribution in [0.15, 0.2) is 77.7 Å². The molecule has 186 valence electrons. The number of carboxylic acids is 1. The van der Waals surface area contributed by atoms with E-state index in [4.69, 9.17) is 0 Å². The van der Waals surface area contributed by atoms with Crippen molar-refractivity contribution in [3.8, 4) is 22.8 Å². The Morgan fingerprint density at radius 2 is 1.76 bits per heavy atom. The molecule has 8 nitrogen and oxygen atoms in total. The summed E-state index contributed by atoms with van der Waals surface area (Å²) in [5.41, 5.74) is 1.51. The number of alkyl halides is 3. The van der Waals surface area contributed by atoms with E-state index in [9.17, 15) is 27.9 Å². The van der Waals surface area contributed by atoms with Crippen LogP contribution >= 0.6 is 0 Å². The van der Waals surface area contributed by atoms with E-state index in [0.717, 1.165) is 12.1 Å². The van der Waals surface area contributed by atoms with Gasteiger partial charge >= 0.3 is 17.8 Å². The van der Waals surface area contributed by atoms with E-state index >= 15 is 0 Å². The average molecular weight is 513 g/mol. The Labute approximate surface area is 211 Å². The number of rotatable bonds is 4. The molecule has 0 aliphatic rings. The molecule has 0 saturated heterocycles. The van der Waals surface area contributed by atoms with Crippen molar-refractivity contribution in [1.82, 2.24) is 24.1 Å². The number of aromatic carboxylic acids is 1. The van der Waals surface area contributed by atoms with Gasteiger partial charge in [0, 0.05) is 6.20 Å². The summed E-state index contributed by atoms with van der Waals surface area (Å²) in [5.74, 6) is -0.781. The summed E-state index contributed by atoms with van der Waals surface area (Å²) >= 11 is 0. The third kappa shape index (κ3) is 3.75. The Balaban J connectivity index is 1.42. The summed E-state index contributed by atoms with van der Waals surface area (Å²) in [6.07, 6.45) is -2.93. The van der Waals surface area contributed by atoms with Gasteiger partial charge in [0.25, 0.3) is 0 Å². The fraction of sp³-hybridized carbons (Fsp3) is 0.0370. The van der Waals surface area contributed by atoms with Crippen LogP contribution in [0.5, 0.6) is 0 Å². The van der Waals surface area contributed by atoms with Gasteiger partial charge in [-0.05, 0) is 72.8 Å². The van der Waals surface area contributed by atoms with E-state index in [1.54, 1.807) is 30.5 Å². The fourth-order valence-electron chi connectivity index (χ4n) is 4.21. The van der Waals surface area contributed by atoms with E-state index < -0.39 is 23.4 Å². The van der Waals surface area contributed by atoms with Crippen molar-refractivity contribution in [2.24, 2.45) is 0 Å². The van der Waals surface area contributed by atoms with Crippen LogP contribution < -0.4 is 5.69 Å². The highest BCUT2D eigenvalue weighted by Gasteiger charge is 2.30. The van der Waals surface area contributed by atoms with Gasteiger partial charge in [-0.2, -0.15) is 13.2 Å². The lowest BCUT2D eigenvalue weighted by Gasteiger charge is -2.05. The number of benzene rings is 2. The molecule has 0 spiro atoms. The minimum atomic E-state index is -4.47. The highest BCUT2D eigenvalue weighted by molar-refractivity contribution is 5.88. The van der Waals surface area contributed by atoms with Gasteiger partial charge in [0.15, 0.2) is 5.65 Å². The number of hydrogen-bond acceptors (Lipinski definition) is 4. The molecule has 11 heteroatoms. The van der Waals surface area contributed by atoms with Crippen LogP contribution in [-0.2, 0) is 6.18 Å². The number of nitrogens with one attached hydrogen (secondary N) is 1. The largest absolute Gasteiger partial charge is 0.478 e. The maximum atomic E-state index is 13.5. The maximum Gasteiger partial charge on any atom is 0.416 e. The quantitative estimate of drug-likeness (QED) is 0.344. The Hall–Kier alpha value is -5.37. The number of aromatic amines is 1. The number of imidazole rings is 2. The third-order valence-electron chi connectivity index (χ3n) is 6.01. The molecule has 0 aliphatic carbocycles. The Bertz CT molecular complexity index is 1900. The van der Waals surface area contributed by atoms with Crippen LogP contribution in [0.25, 0.3) is 45.0 Å². The lowest BCUT2D eigenvalue weighted by molar-refractivity contribution is -0.137. The van der Waals surface area contributed by atoms with Crippen molar-refractivity contribution in [2.75, 3.05) is 0 Å². The van der Waals surface area contributed by atoms with E-state index in [1.165, 1.54) is 39.5 Å². The standard InChI is InChI=1S/C27H14F3N5O3/c28-27(29,30)17-7-12-20-21(14-17)33-23(32-20)15-3-8-18(9-4-15)34-22-2-1-13-31-24(22)35(26(34)38)19-10-5-16(6-11-19)25(36)37/h1-3,5-8,10-14H,(H,32,33)(H,36,37). The minimum absolute atomic E-state index is 0.0808. The highest BCUT2D eigenvalue weighted by atomic mass is 19.4. The van der Waals surface area contributed by atoms with Crippen molar-refractivity contribution in [3.05, 3.63) is 107 Å². The van der Waals surface area contributed by atoms with E-state index in [-0.39, 0.29) is 11.1 Å². The fourth-order valence-corrected chi connectivity index (χ4v) is 4.21. The molecule has 0 fully saturated rings. The molecule has 6 rings (SSSR count). The second kappa shape index (κ2) is 8.35. The van der Waals surface area contributed by atoms with Crippen LogP contribution in [0.2, 0.25) is 0 Å². The Kier molecular flexibility index (Phi) is 5.06. The summed E-state index contributed by atoms with van der Waals surface area (Å²) in [4.78, 5) is 36.3. The smallest absolute Gasteiger partial charge is 0.416 e. The van der Waals surface area contributed by atoms with Crippen molar-refractivity contribution in [1.29, 1.82) is 0 Å². The molecule has 0 bridgehead atoms. The van der Waals surface area contributed by atoms with Crippen molar-refractivity contribution in [2.45, 2.75) is 6.18 Å². The second-order valence-electron chi connectivity index (χ2n) is 8.35. The predicted molar refractivity (Wildman–Crippen MR) is 131 cm³/mol. The van der Waals surface area contributed by atoms with Gasteiger partial charge in [0.2, 0.25) is 0 Å². The molecule has 0 aliphatic heterocycles. The molecule has 3 aromatic heterocycles. The first-order chi connectivity index (χ1) is 18.2. The molecular formula is C27H14F3N5O3. The van der Waals surface area contributed by atoms with Gasteiger partial charge in [-0.25, -0.2) is 24.1 Å². The SMILES string of the molecule is O=C(O)c1ccc(-n2c(=O)n(-c3c#cc(-c4nc5ccc(C(F)(F)F)cc5[nH]4)cc3)c3cccnc32)cc1. The predicted octanol–water partition coefficient (Wildman–Crippen LogP) is 5.04. The van der Waals surface area contributed by atoms with E-state index in [2.05, 4.69) is 27.1 Å². The molecule has 3 aromatic carbocycles. The van der Waals surface area contributed by atoms with Crippen LogP contribution in [0.1, 0.15) is 15.9 Å². The molecule has 3 heterocycles. The van der Waals surface area contributed by atoms with Crippen LogP contribution in [0.3, 0.4) is 0 Å². The van der Waals surface area contributed by atoms with Gasteiger partial charge in [-0.3, -0.25) is 4.57 Å². The third-order valence-corrected chi connectivity index (χ3v) is 6.01. The number of hydrogen-bond donors (Lipinski definition) is 2. The number of carbonyl (C=O) groups is 1. The van der Waals surface area contributed by atoms with E-state index in [1.807, 2.05) is 0 Å². The van der Waals surface area contributed by atoms with Crippen molar-refractivity contribution >= 4 is 28.2 Å². The zero-order valence-corrected chi connectivity index (χ0v) is 19.1. The summed E-state index contributed by atoms with van der Waals surface area (Å²) in [6.45, 7) is 0. The first kappa shape index (κ1) is 23.1. The topological polar surface area (TPSA) is 106 Å². The normalized spacial score (nSPS) is 11.7. The van der Waals surface area contributed by atoms with Gasteiger partial charge in [-0.15, -0.1) is 0 Å². The Morgan fingerprint density at radius 1 is 0.974 bits per heavy atom. The van der Waals surface area contributed by atoms with Gasteiger partial charge in [0.05, 0.1) is 38.9 Å². The van der Waals surface area contributed by atoms with Gasteiger partial charge < -0.3 is 10.1 Å². The lowest BCUT2D eigenvalue weighted by atomic mass is 10.2. The molecule has 6 aromatic rings. The molecule has 0 unspecified atom stereocenters. The first-order valence-corrected chi connectivity index (χ1v) is 11.1. The number of nitrogens with zero attached hydrogens (tertiary/aromatic N) is 4. The zero-order chi connectivity index (χ0) is 26.6. The molecule has 0 atom stereocenters. The maximum absolute atomic E-state index is 13.5. The molecule has 0 amide bonds. The molecule has 0 radical (unpaired) electrons. The molecule has 0 saturated carbocycles. The summed E-state index contributed by atoms with van der Waals surface area (Å²) in [6, 6.07) is 21.6. The number of pyridine rings is 1. The average Bonchev–Trinajstić information content (AvgIpc) is 3.46. The minimum Gasteiger partial charge on any atom is -0.478 e. The Morgan fingerprint density at radius 3 is 2.45 bits per heavy atom. The monoisotopic (exact) mass is 513 g/mol. The molecule has 38 heavy (non-hydrogen) atoms. The second-order valence-corrected chi connectivity index (χ2v) is 8.35. The number of fused-ring (bicyclic) bond motifs is 2. The number of H-pyrrole nitrogens is 1. The summed E-state index contributed by atoms with van der Waals surface area (Å²) in [5, 5.41) is 9.17. The molecular weight excluding hydrogens is 499 g/mol. The zero-order valence-electron chi connectivity index (χ0n) is 19.1. The number of carboxylic acid groups (broad SMARTS) is 1. The summed E-state index contributed by atoms with van der Waals surface area (Å²) in [7, 11) is 0. The first-order valence-electron chi connectivity index (χ1n) is 11.1. The highest BCUT2D eigenvalue weighted by Crippen LogP contribution is 2.31. The van der Waals surface area contributed by atoms with Crippen LogP contribution in [0.4, 0.5) is 13.2 Å². The number of aromatic nitrogens is 5. The van der Waals surface area contributed by atoms with Crippen molar-refractivity contribution < 1.29 is 23.1 Å². The van der Waals surface area contributed by atoms with Gasteiger partial charge in [0.1, 0.15) is 11.5 Å².